The number of hydrogen-bond acceptors (Lipinski definition) is 9. The van der Waals surface area contributed by atoms with Crippen molar-refractivity contribution >= 4 is 21.8 Å². The first-order chi connectivity index (χ1) is 15.2. The van der Waals surface area contributed by atoms with Crippen molar-refractivity contribution in [2.75, 3.05) is 23.7 Å². The Labute approximate surface area is 187 Å². The Bertz CT molecular complexity index is 1120. The van der Waals surface area contributed by atoms with Gasteiger partial charge >= 0.3 is 0 Å². The Hall–Kier alpha value is -2.75. The van der Waals surface area contributed by atoms with Gasteiger partial charge in [0.15, 0.2) is 0 Å². The molecule has 0 spiro atoms. The molecule has 1 aliphatic heterocycles. The Morgan fingerprint density at radius 3 is 2.59 bits per heavy atom. The summed E-state index contributed by atoms with van der Waals surface area (Å²) < 4.78 is 28.5. The van der Waals surface area contributed by atoms with Gasteiger partial charge in [-0.3, -0.25) is 4.68 Å². The second-order valence-electron chi connectivity index (χ2n) is 8.69. The molecule has 0 aromatic carbocycles. The highest BCUT2D eigenvalue weighted by Gasteiger charge is 2.37. The lowest BCUT2D eigenvalue weighted by atomic mass is 10.0. The number of aromatic nitrogens is 4. The van der Waals surface area contributed by atoms with Crippen molar-refractivity contribution in [1.29, 1.82) is 5.26 Å². The molecule has 3 N–H and O–H groups in total. The summed E-state index contributed by atoms with van der Waals surface area (Å²) in [5, 5.41) is 30.4. The molecule has 1 saturated heterocycles. The van der Waals surface area contributed by atoms with E-state index in [2.05, 4.69) is 31.8 Å². The minimum atomic E-state index is -3.56. The number of aliphatic hydroxyl groups is 1. The van der Waals surface area contributed by atoms with E-state index in [4.69, 9.17) is 0 Å². The highest BCUT2D eigenvalue weighted by atomic mass is 32.2. The van der Waals surface area contributed by atoms with E-state index in [1.807, 2.05) is 0 Å². The second-order valence-corrected chi connectivity index (χ2v) is 10.6. The zero-order chi connectivity index (χ0) is 22.9. The molecular weight excluding hydrogens is 432 g/mol. The van der Waals surface area contributed by atoms with Crippen LogP contribution >= 0.6 is 0 Å². The first kappa shape index (κ1) is 22.4. The summed E-state index contributed by atoms with van der Waals surface area (Å²) in [6.45, 7) is 2.54. The van der Waals surface area contributed by atoms with Crippen molar-refractivity contribution in [2.45, 2.75) is 61.6 Å². The molecular formula is C20H28N8O3S. The molecule has 2 aromatic heterocycles. The van der Waals surface area contributed by atoms with Crippen LogP contribution in [0.15, 0.2) is 23.5 Å². The van der Waals surface area contributed by atoms with E-state index in [-0.39, 0.29) is 17.0 Å². The van der Waals surface area contributed by atoms with Gasteiger partial charge in [0, 0.05) is 32.4 Å². The number of nitrogens with one attached hydrogen (secondary N) is 2. The zero-order valence-corrected chi connectivity index (χ0v) is 19.0. The molecule has 2 aromatic rings. The lowest BCUT2D eigenvalue weighted by molar-refractivity contribution is 0.0577. The van der Waals surface area contributed by atoms with Crippen molar-refractivity contribution in [2.24, 2.45) is 7.05 Å². The number of anilines is 2. The van der Waals surface area contributed by atoms with E-state index in [0.29, 0.717) is 49.7 Å². The van der Waals surface area contributed by atoms with E-state index < -0.39 is 15.6 Å². The molecule has 0 unspecified atom stereocenters. The van der Waals surface area contributed by atoms with Gasteiger partial charge in [0.2, 0.25) is 16.0 Å². The topological polar surface area (TPSA) is 149 Å². The fraction of sp³-hybridized carbons (Fsp3) is 0.600. The second kappa shape index (κ2) is 8.65. The lowest BCUT2D eigenvalue weighted by Crippen LogP contribution is -2.42. The van der Waals surface area contributed by atoms with Gasteiger partial charge in [-0.05, 0) is 39.0 Å². The van der Waals surface area contributed by atoms with E-state index in [1.54, 1.807) is 14.0 Å². The maximum absolute atomic E-state index is 12.8. The van der Waals surface area contributed by atoms with Crippen molar-refractivity contribution in [3.05, 3.63) is 24.2 Å². The number of nitrogens with zero attached hydrogens (tertiary/aromatic N) is 6. The number of sulfonamides is 1. The maximum Gasteiger partial charge on any atom is 0.246 e. The van der Waals surface area contributed by atoms with E-state index in [9.17, 15) is 18.8 Å². The molecule has 1 aliphatic carbocycles. The fourth-order valence-corrected chi connectivity index (χ4v) is 5.75. The number of rotatable bonds is 6. The van der Waals surface area contributed by atoms with Crippen LogP contribution in [0.25, 0.3) is 0 Å². The Morgan fingerprint density at radius 1 is 1.25 bits per heavy atom. The molecule has 3 heterocycles. The van der Waals surface area contributed by atoms with Crippen molar-refractivity contribution in [1.82, 2.24) is 24.1 Å². The van der Waals surface area contributed by atoms with Gasteiger partial charge in [-0.25, -0.2) is 13.4 Å². The van der Waals surface area contributed by atoms with E-state index in [1.165, 1.54) is 27.6 Å². The van der Waals surface area contributed by atoms with Crippen molar-refractivity contribution in [3.8, 4) is 6.07 Å². The van der Waals surface area contributed by atoms with E-state index in [0.717, 1.165) is 12.8 Å². The predicted molar refractivity (Wildman–Crippen MR) is 117 cm³/mol. The van der Waals surface area contributed by atoms with Crippen LogP contribution in [0.1, 0.15) is 44.6 Å². The molecule has 4 rings (SSSR count). The molecule has 2 atom stereocenters. The third kappa shape index (κ3) is 4.55. The molecule has 0 radical (unpaired) electrons. The van der Waals surface area contributed by atoms with Gasteiger partial charge < -0.3 is 15.7 Å². The standard InChI is InChI=1S/C20H28N8O3S/c1-20(29)7-3-4-17(20)25-18-14(10-21)11-22-19(26-18)24-15-5-8-28(9-6-15)32(30,31)16-12-23-27(2)13-16/h11-13,15,17,29H,3-9H2,1-2H3,(H2,22,24,25,26)/t17-,20-/m1/s1. The van der Waals surface area contributed by atoms with Crippen LogP contribution in [0.4, 0.5) is 11.8 Å². The van der Waals surface area contributed by atoms with Crippen molar-refractivity contribution in [3.63, 3.8) is 0 Å². The average Bonchev–Trinajstić information content (AvgIpc) is 3.34. The molecule has 2 aliphatic rings. The molecule has 32 heavy (non-hydrogen) atoms. The Morgan fingerprint density at radius 2 is 2.00 bits per heavy atom. The maximum atomic E-state index is 12.8. The van der Waals surface area contributed by atoms with Gasteiger partial charge in [-0.1, -0.05) is 0 Å². The summed E-state index contributed by atoms with van der Waals surface area (Å²) in [5.74, 6) is 0.770. The lowest BCUT2D eigenvalue weighted by Gasteiger charge is -2.31. The molecule has 0 bridgehead atoms. The van der Waals surface area contributed by atoms with Gasteiger partial charge in [0.05, 0.1) is 24.0 Å². The zero-order valence-electron chi connectivity index (χ0n) is 18.2. The highest BCUT2D eigenvalue weighted by Crippen LogP contribution is 2.32. The van der Waals surface area contributed by atoms with Gasteiger partial charge in [0.25, 0.3) is 0 Å². The quantitative estimate of drug-likeness (QED) is 0.575. The van der Waals surface area contributed by atoms with Crippen LogP contribution in [0.2, 0.25) is 0 Å². The molecule has 1 saturated carbocycles. The predicted octanol–water partition coefficient (Wildman–Crippen LogP) is 1.06. The first-order valence-corrected chi connectivity index (χ1v) is 12.1. The van der Waals surface area contributed by atoms with Gasteiger partial charge in [-0.15, -0.1) is 0 Å². The Balaban J connectivity index is 1.40. The molecule has 2 fully saturated rings. The minimum Gasteiger partial charge on any atom is -0.388 e. The smallest absolute Gasteiger partial charge is 0.246 e. The highest BCUT2D eigenvalue weighted by molar-refractivity contribution is 7.89. The average molecular weight is 461 g/mol. The molecule has 11 nitrogen and oxygen atoms in total. The Kier molecular flexibility index (Phi) is 6.07. The van der Waals surface area contributed by atoms with Crippen LogP contribution in [0, 0.1) is 11.3 Å². The number of aryl methyl sites for hydroxylation is 1. The third-order valence-corrected chi connectivity index (χ3v) is 8.10. The summed E-state index contributed by atoms with van der Waals surface area (Å²) in [4.78, 5) is 8.91. The SMILES string of the molecule is Cn1cc(S(=O)(=O)N2CCC(Nc3ncc(C#N)c(N[C@@H]4CCC[C@@]4(C)O)n3)CC2)cn1. The summed E-state index contributed by atoms with van der Waals surface area (Å²) in [6, 6.07) is 1.91. The monoisotopic (exact) mass is 460 g/mol. The third-order valence-electron chi connectivity index (χ3n) is 6.25. The molecule has 172 valence electrons. The number of nitriles is 1. The van der Waals surface area contributed by atoms with Crippen LogP contribution in [0.3, 0.4) is 0 Å². The van der Waals surface area contributed by atoms with Crippen molar-refractivity contribution < 1.29 is 13.5 Å². The van der Waals surface area contributed by atoms with Gasteiger partial charge in [0.1, 0.15) is 22.3 Å². The normalized spacial score (nSPS) is 24.9. The first-order valence-electron chi connectivity index (χ1n) is 10.7. The molecule has 12 heteroatoms. The summed E-state index contributed by atoms with van der Waals surface area (Å²) in [6.07, 6.45) is 7.93. The minimum absolute atomic E-state index is 0.00530. The summed E-state index contributed by atoms with van der Waals surface area (Å²) in [7, 11) is -1.87. The number of piperidine rings is 1. The fourth-order valence-electron chi connectivity index (χ4n) is 4.29. The van der Waals surface area contributed by atoms with Crippen LogP contribution in [0.5, 0.6) is 0 Å². The van der Waals surface area contributed by atoms with Crippen LogP contribution in [-0.2, 0) is 17.1 Å². The van der Waals surface area contributed by atoms with Crippen LogP contribution < -0.4 is 10.6 Å². The summed E-state index contributed by atoms with van der Waals surface area (Å²) in [5.41, 5.74) is -0.534. The van der Waals surface area contributed by atoms with Crippen LogP contribution in [-0.4, -0.2) is 68.4 Å². The number of hydrogen-bond donors (Lipinski definition) is 3. The molecule has 0 amide bonds. The van der Waals surface area contributed by atoms with E-state index >= 15 is 0 Å². The summed E-state index contributed by atoms with van der Waals surface area (Å²) >= 11 is 0. The van der Waals surface area contributed by atoms with Gasteiger partial charge in [-0.2, -0.15) is 19.6 Å². The largest absolute Gasteiger partial charge is 0.388 e.